The van der Waals surface area contributed by atoms with Gasteiger partial charge in [0.15, 0.2) is 18.8 Å². The third kappa shape index (κ3) is 52.3. The SMILES string of the molecule is CCCCCCCC(=O)OCC(COC(=O)CCCCCCC)OC(=O)CCC(=O)O.CCCCCCCC(=O)OCC(COC(=O)CCCCCCC)OC(=O)CCC(=O)O.CCN(CC)CC(=O)Nc1c(C)cccc1C.CC[NH+](CC)CC(=O)Nc1c(C)cccc1C. The maximum Gasteiger partial charge on any atom is 0.306 e. The number of esters is 6. The van der Waals surface area contributed by atoms with E-state index in [0.29, 0.717) is 13.1 Å². The van der Waals surface area contributed by atoms with Crippen LogP contribution in [0.4, 0.5) is 11.4 Å². The summed E-state index contributed by atoms with van der Waals surface area (Å²) < 4.78 is 31.0. The average molecular weight is 1360 g/mol. The number of aliphatic carboxylic acids is 2. The molecule has 2 rings (SSSR count). The number of nitrogens with one attached hydrogen (secondary N) is 3. The molecule has 0 aliphatic heterocycles. The van der Waals surface area contributed by atoms with Crippen molar-refractivity contribution in [2.75, 3.05) is 76.3 Å². The number of anilines is 2. The van der Waals surface area contributed by atoms with Crippen LogP contribution in [0, 0.1) is 27.7 Å². The Labute approximate surface area is 575 Å². The Kier molecular flexibility index (Phi) is 57.4. The molecule has 22 heteroatoms. The smallest absolute Gasteiger partial charge is 0.306 e. The second-order valence-electron chi connectivity index (χ2n) is 24.1. The number of quaternary nitrogens is 1. The van der Waals surface area contributed by atoms with Crippen molar-refractivity contribution in [2.45, 2.75) is 275 Å². The van der Waals surface area contributed by atoms with Gasteiger partial charge in [0, 0.05) is 37.1 Å². The summed E-state index contributed by atoms with van der Waals surface area (Å²) in [6, 6.07) is 12.1. The summed E-state index contributed by atoms with van der Waals surface area (Å²) in [5.41, 5.74) is 6.37. The standard InChI is InChI=1S/2C23H40O8.2C14H22N2O/c2*1-3-5-7-9-11-13-21(26)29-17-19(31-23(28)16-15-20(24)25)18-30-22(27)14-12-10-8-6-4-2;2*1-5-16(6-2)10-13(17)15-14-11(3)8-7-9-12(14)4/h2*19H,3-18H2,1-2H3,(H,24,25);2*7-9H,5-6,10H2,1-4H3,(H,15,17)/p+1. The molecule has 22 nitrogen and oxygen atoms in total. The first-order chi connectivity index (χ1) is 45.9. The molecule has 0 unspecified atom stereocenters. The van der Waals surface area contributed by atoms with Crippen LogP contribution < -0.4 is 15.5 Å². The second kappa shape index (κ2) is 60.5. The van der Waals surface area contributed by atoms with Crippen LogP contribution in [-0.4, -0.2) is 153 Å². The zero-order valence-electron chi connectivity index (χ0n) is 60.9. The van der Waals surface area contributed by atoms with E-state index >= 15 is 0 Å². The van der Waals surface area contributed by atoms with Gasteiger partial charge in [-0.25, -0.2) is 0 Å². The highest BCUT2D eigenvalue weighted by Gasteiger charge is 2.23. The quantitative estimate of drug-likeness (QED) is 0.0234. The van der Waals surface area contributed by atoms with Gasteiger partial charge in [0.05, 0.1) is 45.3 Å². The van der Waals surface area contributed by atoms with Crippen molar-refractivity contribution in [1.29, 1.82) is 0 Å². The third-order valence-corrected chi connectivity index (χ3v) is 15.5. The Bertz CT molecular complexity index is 2210. The first kappa shape index (κ1) is 91.1. The lowest BCUT2D eigenvalue weighted by molar-refractivity contribution is -0.888. The highest BCUT2D eigenvalue weighted by atomic mass is 16.6. The van der Waals surface area contributed by atoms with Crippen molar-refractivity contribution < 1.29 is 91.5 Å². The van der Waals surface area contributed by atoms with Crippen LogP contribution in [0.15, 0.2) is 36.4 Å². The number of unbranched alkanes of at least 4 members (excludes halogenated alkanes) is 16. The van der Waals surface area contributed by atoms with E-state index in [-0.39, 0.29) is 89.6 Å². The lowest BCUT2D eigenvalue weighted by Gasteiger charge is -2.18. The molecule has 0 fully saturated rings. The van der Waals surface area contributed by atoms with Gasteiger partial charge in [-0.1, -0.05) is 181 Å². The molecule has 0 atom stereocenters. The average Bonchev–Trinajstić information content (AvgIpc) is 0.942. The Balaban J connectivity index is 0. The van der Waals surface area contributed by atoms with E-state index in [1.165, 1.54) is 4.90 Å². The molecule has 548 valence electrons. The van der Waals surface area contributed by atoms with E-state index < -0.39 is 60.0 Å². The van der Waals surface area contributed by atoms with Crippen molar-refractivity contribution in [3.05, 3.63) is 58.7 Å². The predicted molar refractivity (Wildman–Crippen MR) is 375 cm³/mol. The molecule has 96 heavy (non-hydrogen) atoms. The molecule has 2 amide bonds. The normalized spacial score (nSPS) is 10.7. The number of aryl methyl sites for hydroxylation is 4. The van der Waals surface area contributed by atoms with Gasteiger partial charge in [-0.3, -0.25) is 52.8 Å². The molecule has 0 aliphatic carbocycles. The Hall–Kier alpha value is -6.94. The molecule has 0 radical (unpaired) electrons. The van der Waals surface area contributed by atoms with Crippen LogP contribution in [0.2, 0.25) is 0 Å². The Morgan fingerprint density at radius 3 is 0.927 bits per heavy atom. The minimum Gasteiger partial charge on any atom is -0.481 e. The monoisotopic (exact) mass is 1360 g/mol. The number of benzene rings is 2. The zero-order chi connectivity index (χ0) is 72.3. The van der Waals surface area contributed by atoms with Gasteiger partial charge in [-0.05, 0) is 103 Å². The summed E-state index contributed by atoms with van der Waals surface area (Å²) in [4.78, 5) is 120. The number of hydrogen-bond donors (Lipinski definition) is 5. The molecule has 0 spiro atoms. The fourth-order valence-electron chi connectivity index (χ4n) is 9.43. The first-order valence-electron chi connectivity index (χ1n) is 35.7. The lowest BCUT2D eigenvalue weighted by atomic mass is 10.1. The lowest BCUT2D eigenvalue weighted by Crippen LogP contribution is -3.12. The van der Waals surface area contributed by atoms with Crippen molar-refractivity contribution >= 4 is 70.9 Å². The fraction of sp³-hybridized carbons (Fsp3) is 0.703. The van der Waals surface area contributed by atoms with Gasteiger partial charge in [-0.15, -0.1) is 0 Å². The van der Waals surface area contributed by atoms with Crippen molar-refractivity contribution in [3.8, 4) is 0 Å². The van der Waals surface area contributed by atoms with Crippen LogP contribution in [-0.2, 0) is 76.4 Å². The van der Waals surface area contributed by atoms with Gasteiger partial charge < -0.3 is 54.2 Å². The number of carbonyl (C=O) groups is 10. The van der Waals surface area contributed by atoms with E-state index in [4.69, 9.17) is 38.6 Å². The van der Waals surface area contributed by atoms with Crippen LogP contribution in [0.5, 0.6) is 0 Å². The van der Waals surface area contributed by atoms with Crippen LogP contribution >= 0.6 is 0 Å². The molecule has 0 heterocycles. The van der Waals surface area contributed by atoms with Gasteiger partial charge in [0.2, 0.25) is 5.91 Å². The molecular weight excluding hydrogens is 1230 g/mol. The Morgan fingerprint density at radius 2 is 0.667 bits per heavy atom. The van der Waals surface area contributed by atoms with E-state index in [9.17, 15) is 47.9 Å². The molecule has 0 aromatic heterocycles. The number of carboxylic acids is 2. The number of hydrogen-bond acceptors (Lipinski definition) is 17. The predicted octanol–water partition coefficient (Wildman–Crippen LogP) is 12.9. The fourth-order valence-corrected chi connectivity index (χ4v) is 9.43. The van der Waals surface area contributed by atoms with Crippen LogP contribution in [0.25, 0.3) is 0 Å². The molecule has 0 saturated heterocycles. The second-order valence-corrected chi connectivity index (χ2v) is 24.1. The minimum absolute atomic E-state index is 0.0612. The highest BCUT2D eigenvalue weighted by molar-refractivity contribution is 5.94. The largest absolute Gasteiger partial charge is 0.481 e. The highest BCUT2D eigenvalue weighted by Crippen LogP contribution is 2.21. The first-order valence-corrected chi connectivity index (χ1v) is 35.7. The van der Waals surface area contributed by atoms with Gasteiger partial charge >= 0.3 is 47.8 Å². The summed E-state index contributed by atoms with van der Waals surface area (Å²) >= 11 is 0. The summed E-state index contributed by atoms with van der Waals surface area (Å²) in [5.74, 6) is -5.13. The van der Waals surface area contributed by atoms with Crippen LogP contribution in [0.3, 0.4) is 0 Å². The maximum atomic E-state index is 11.9. The van der Waals surface area contributed by atoms with Crippen molar-refractivity contribution in [2.24, 2.45) is 0 Å². The van der Waals surface area contributed by atoms with E-state index in [1.807, 2.05) is 64.1 Å². The molecular formula is C74H125N4O18+. The van der Waals surface area contributed by atoms with Gasteiger partial charge in [0.25, 0.3) is 5.91 Å². The van der Waals surface area contributed by atoms with E-state index in [2.05, 4.69) is 70.9 Å². The number of ether oxygens (including phenoxy) is 6. The van der Waals surface area contributed by atoms with Crippen molar-refractivity contribution in [1.82, 2.24) is 4.90 Å². The van der Waals surface area contributed by atoms with Gasteiger partial charge in [-0.2, -0.15) is 0 Å². The number of carbonyl (C=O) groups excluding carboxylic acids is 8. The molecule has 2 aromatic rings. The topological polar surface area (TPSA) is 298 Å². The number of carboxylic acid groups (broad SMARTS) is 2. The van der Waals surface area contributed by atoms with E-state index in [1.54, 1.807) is 0 Å². The molecule has 0 aliphatic rings. The number of para-hydroxylation sites is 2. The van der Waals surface area contributed by atoms with Gasteiger partial charge in [0.1, 0.15) is 26.4 Å². The molecule has 2 aromatic carbocycles. The minimum atomic E-state index is -1.11. The summed E-state index contributed by atoms with van der Waals surface area (Å²) in [5, 5.41) is 23.4. The van der Waals surface area contributed by atoms with Crippen LogP contribution in [0.1, 0.15) is 257 Å². The molecule has 0 bridgehead atoms. The molecule has 0 saturated carbocycles. The summed E-state index contributed by atoms with van der Waals surface area (Å²) in [7, 11) is 0. The number of rotatable bonds is 50. The Morgan fingerprint density at radius 1 is 0.385 bits per heavy atom. The molecule has 5 N–H and O–H groups in total. The number of likely N-dealkylation sites (N-methyl/N-ethyl adjacent to an activating group) is 2. The van der Waals surface area contributed by atoms with E-state index in [0.717, 1.165) is 188 Å². The third-order valence-electron chi connectivity index (χ3n) is 15.5. The van der Waals surface area contributed by atoms with Crippen molar-refractivity contribution in [3.63, 3.8) is 0 Å². The number of amides is 2. The maximum absolute atomic E-state index is 11.9. The summed E-state index contributed by atoms with van der Waals surface area (Å²) in [6.45, 7) is 28.7. The number of nitrogens with zero attached hydrogens (tertiary/aromatic N) is 1. The zero-order valence-corrected chi connectivity index (χ0v) is 60.9. The summed E-state index contributed by atoms with van der Waals surface area (Å²) in [6.07, 6.45) is 17.9.